The molecule has 1 saturated carbocycles. The highest BCUT2D eigenvalue weighted by molar-refractivity contribution is 7.16. The Morgan fingerprint density at radius 2 is 1.00 bits per heavy atom. The quantitative estimate of drug-likeness (QED) is 0.551. The van der Waals surface area contributed by atoms with Gasteiger partial charge in [-0.25, -0.2) is 0 Å². The topological polar surface area (TPSA) is 0 Å². The van der Waals surface area contributed by atoms with Crippen molar-refractivity contribution in [1.82, 2.24) is 0 Å². The van der Waals surface area contributed by atoms with Crippen molar-refractivity contribution in [3.05, 3.63) is 0 Å². The van der Waals surface area contributed by atoms with Crippen molar-refractivity contribution in [2.24, 2.45) is 5.92 Å². The van der Waals surface area contributed by atoms with Gasteiger partial charge in [-0.15, -0.1) is 9.24 Å². The first-order valence-electron chi connectivity index (χ1n) is 6.63. The highest BCUT2D eigenvalue weighted by Gasteiger charge is 2.06. The van der Waals surface area contributed by atoms with Gasteiger partial charge in [-0.2, -0.15) is 0 Å². The Morgan fingerprint density at radius 3 is 1.36 bits per heavy atom. The molecule has 84 valence electrons. The molecule has 1 rings (SSSR count). The van der Waals surface area contributed by atoms with Crippen LogP contribution in [0.25, 0.3) is 0 Å². The van der Waals surface area contributed by atoms with Gasteiger partial charge in [-0.05, 0) is 12.1 Å². The number of rotatable bonds is 1. The van der Waals surface area contributed by atoms with E-state index >= 15 is 0 Å². The number of hydrogen-bond acceptors (Lipinski definition) is 0. The second-order valence-corrected chi connectivity index (χ2v) is 5.33. The van der Waals surface area contributed by atoms with Gasteiger partial charge in [0.1, 0.15) is 0 Å². The summed E-state index contributed by atoms with van der Waals surface area (Å²) in [5.74, 6) is 1.01. The lowest BCUT2D eigenvalue weighted by Gasteiger charge is -2.15. The van der Waals surface area contributed by atoms with E-state index in [1.54, 1.807) is 0 Å². The van der Waals surface area contributed by atoms with E-state index in [1.807, 2.05) is 0 Å². The first-order valence-corrected chi connectivity index (χ1v) is 7.45. The first kappa shape index (κ1) is 12.5. The Kier molecular flexibility index (Phi) is 7.78. The molecule has 0 radical (unpaired) electrons. The zero-order chi connectivity index (χ0) is 10.1. The largest absolute Gasteiger partial charge is 0.137 e. The molecule has 1 fully saturated rings. The van der Waals surface area contributed by atoms with E-state index < -0.39 is 0 Å². The standard InChI is InChI=1S/C13H27P/c14-12-13-10-8-6-4-2-1-3-5-7-9-11-13/h13H,1-12,14H2. The van der Waals surface area contributed by atoms with Crippen LogP contribution in [-0.2, 0) is 0 Å². The average molecular weight is 214 g/mol. The van der Waals surface area contributed by atoms with Crippen LogP contribution in [0.3, 0.4) is 0 Å². The normalized spacial score (nSPS) is 23.8. The molecule has 0 aliphatic heterocycles. The van der Waals surface area contributed by atoms with Crippen LogP contribution in [-0.4, -0.2) is 6.16 Å². The molecule has 0 aromatic carbocycles. The zero-order valence-electron chi connectivity index (χ0n) is 9.64. The van der Waals surface area contributed by atoms with Gasteiger partial charge in [0.25, 0.3) is 0 Å². The molecule has 0 N–H and O–H groups in total. The van der Waals surface area contributed by atoms with Gasteiger partial charge < -0.3 is 0 Å². The monoisotopic (exact) mass is 214 g/mol. The predicted octanol–water partition coefficient (Wildman–Crippen LogP) is 4.78. The van der Waals surface area contributed by atoms with Gasteiger partial charge in [0, 0.05) is 0 Å². The fourth-order valence-corrected chi connectivity index (χ4v) is 2.95. The Bertz CT molecular complexity index is 110. The van der Waals surface area contributed by atoms with Crippen LogP contribution >= 0.6 is 9.24 Å². The Hall–Kier alpha value is 0.430. The lowest BCUT2D eigenvalue weighted by atomic mass is 9.94. The summed E-state index contributed by atoms with van der Waals surface area (Å²) in [5.41, 5.74) is 0. The van der Waals surface area contributed by atoms with E-state index in [9.17, 15) is 0 Å². The molecule has 1 aliphatic rings. The third-order valence-electron chi connectivity index (χ3n) is 3.56. The summed E-state index contributed by atoms with van der Waals surface area (Å²) < 4.78 is 0. The Morgan fingerprint density at radius 1 is 0.643 bits per heavy atom. The summed E-state index contributed by atoms with van der Waals surface area (Å²) in [4.78, 5) is 0. The molecule has 1 aliphatic carbocycles. The molecular formula is C13H27P. The molecule has 0 heterocycles. The second-order valence-electron chi connectivity index (χ2n) is 4.86. The Balaban J connectivity index is 2.17. The summed E-state index contributed by atoms with van der Waals surface area (Å²) in [7, 11) is 2.94. The highest BCUT2D eigenvalue weighted by atomic mass is 31.0. The van der Waals surface area contributed by atoms with Crippen molar-refractivity contribution >= 4 is 9.24 Å². The van der Waals surface area contributed by atoms with Crippen LogP contribution < -0.4 is 0 Å². The summed E-state index contributed by atoms with van der Waals surface area (Å²) in [6, 6.07) is 0. The third kappa shape index (κ3) is 6.02. The molecular weight excluding hydrogens is 187 g/mol. The zero-order valence-corrected chi connectivity index (χ0v) is 10.8. The maximum atomic E-state index is 2.94. The van der Waals surface area contributed by atoms with Crippen molar-refractivity contribution in [2.45, 2.75) is 70.6 Å². The molecule has 0 aromatic rings. The second kappa shape index (κ2) is 8.72. The predicted molar refractivity (Wildman–Crippen MR) is 68.9 cm³/mol. The summed E-state index contributed by atoms with van der Waals surface area (Å²) in [6.45, 7) is 0. The fraction of sp³-hybridized carbons (Fsp3) is 1.00. The van der Waals surface area contributed by atoms with Gasteiger partial charge in [-0.1, -0.05) is 70.6 Å². The van der Waals surface area contributed by atoms with Crippen molar-refractivity contribution in [3.8, 4) is 0 Å². The number of hydrogen-bond donors (Lipinski definition) is 0. The third-order valence-corrected chi connectivity index (χ3v) is 4.22. The molecule has 0 bridgehead atoms. The maximum absolute atomic E-state index is 2.94. The van der Waals surface area contributed by atoms with Crippen LogP contribution in [0.15, 0.2) is 0 Å². The molecule has 1 heteroatoms. The molecule has 1 unspecified atom stereocenters. The van der Waals surface area contributed by atoms with Gasteiger partial charge in [0.2, 0.25) is 0 Å². The summed E-state index contributed by atoms with van der Waals surface area (Å²) >= 11 is 0. The molecule has 14 heavy (non-hydrogen) atoms. The highest BCUT2D eigenvalue weighted by Crippen LogP contribution is 2.22. The minimum Gasteiger partial charge on any atom is -0.137 e. The lowest BCUT2D eigenvalue weighted by Crippen LogP contribution is -2.02. The van der Waals surface area contributed by atoms with Gasteiger partial charge in [0.05, 0.1) is 0 Å². The molecule has 0 saturated heterocycles. The van der Waals surface area contributed by atoms with Crippen molar-refractivity contribution in [1.29, 1.82) is 0 Å². The van der Waals surface area contributed by atoms with Crippen molar-refractivity contribution < 1.29 is 0 Å². The van der Waals surface area contributed by atoms with E-state index in [4.69, 9.17) is 0 Å². The maximum Gasteiger partial charge on any atom is -0.0353 e. The summed E-state index contributed by atoms with van der Waals surface area (Å²) in [6.07, 6.45) is 17.7. The molecule has 0 aromatic heterocycles. The van der Waals surface area contributed by atoms with Gasteiger partial charge in [-0.3, -0.25) is 0 Å². The summed E-state index contributed by atoms with van der Waals surface area (Å²) in [5, 5.41) is 0. The smallest absolute Gasteiger partial charge is 0.0353 e. The van der Waals surface area contributed by atoms with E-state index in [-0.39, 0.29) is 0 Å². The molecule has 0 nitrogen and oxygen atoms in total. The fourth-order valence-electron chi connectivity index (χ4n) is 2.48. The van der Waals surface area contributed by atoms with Crippen molar-refractivity contribution in [3.63, 3.8) is 0 Å². The SMILES string of the molecule is PCC1CCCCCCCCCCC1. The first-order chi connectivity index (χ1) is 6.93. The minimum absolute atomic E-state index is 1.01. The Labute approximate surface area is 92.4 Å². The van der Waals surface area contributed by atoms with E-state index in [2.05, 4.69) is 9.24 Å². The van der Waals surface area contributed by atoms with Crippen LogP contribution in [0.1, 0.15) is 70.6 Å². The van der Waals surface area contributed by atoms with E-state index in [0.717, 1.165) is 5.92 Å². The van der Waals surface area contributed by atoms with Crippen LogP contribution in [0.5, 0.6) is 0 Å². The van der Waals surface area contributed by atoms with E-state index in [0.29, 0.717) is 0 Å². The average Bonchev–Trinajstić information content (AvgIpc) is 2.19. The van der Waals surface area contributed by atoms with Gasteiger partial charge in [0.15, 0.2) is 0 Å². The van der Waals surface area contributed by atoms with Crippen LogP contribution in [0, 0.1) is 5.92 Å². The van der Waals surface area contributed by atoms with Crippen molar-refractivity contribution in [2.75, 3.05) is 6.16 Å². The lowest BCUT2D eigenvalue weighted by molar-refractivity contribution is 0.425. The molecule has 1 atom stereocenters. The van der Waals surface area contributed by atoms with Gasteiger partial charge >= 0.3 is 0 Å². The molecule has 0 amide bonds. The minimum atomic E-state index is 1.01. The van der Waals surface area contributed by atoms with Crippen LogP contribution in [0.4, 0.5) is 0 Å². The van der Waals surface area contributed by atoms with Crippen LogP contribution in [0.2, 0.25) is 0 Å². The molecule has 0 spiro atoms. The van der Waals surface area contributed by atoms with E-state index in [1.165, 1.54) is 76.8 Å².